The fourth-order valence-corrected chi connectivity index (χ4v) is 5.36. The van der Waals surface area contributed by atoms with Crippen molar-refractivity contribution in [2.45, 2.75) is 24.7 Å². The molecule has 1 aliphatic heterocycles. The number of nitrogens with one attached hydrogen (secondary N) is 2. The Balaban J connectivity index is 1.52. The quantitative estimate of drug-likeness (QED) is 0.579. The van der Waals surface area contributed by atoms with E-state index in [1.54, 1.807) is 6.07 Å². The molecule has 10 heteroatoms. The van der Waals surface area contributed by atoms with Crippen molar-refractivity contribution in [2.24, 2.45) is 5.92 Å². The number of hydrogen-bond acceptors (Lipinski definition) is 5. The van der Waals surface area contributed by atoms with Gasteiger partial charge in [-0.2, -0.15) is 4.31 Å². The van der Waals surface area contributed by atoms with Gasteiger partial charge in [0, 0.05) is 29.3 Å². The van der Waals surface area contributed by atoms with Crippen LogP contribution in [0.3, 0.4) is 0 Å². The molecular formula is C20H20BrN3O5S. The summed E-state index contributed by atoms with van der Waals surface area (Å²) in [6, 6.07) is 9.77. The zero-order chi connectivity index (χ0) is 21.5. The number of carbonyl (C=O) groups excluding carboxylic acids is 1. The number of hydrogen-bond donors (Lipinski definition) is 2. The van der Waals surface area contributed by atoms with E-state index >= 15 is 0 Å². The van der Waals surface area contributed by atoms with Crippen LogP contribution < -0.4 is 11.1 Å². The third-order valence-corrected chi connectivity index (χ3v) is 7.96. The Hall–Kier alpha value is -2.43. The molecule has 1 fully saturated rings. The van der Waals surface area contributed by atoms with E-state index in [0.29, 0.717) is 30.6 Å². The molecule has 0 spiro atoms. The van der Waals surface area contributed by atoms with Gasteiger partial charge in [0.25, 0.3) is 0 Å². The Labute approximate surface area is 181 Å². The summed E-state index contributed by atoms with van der Waals surface area (Å²) < 4.78 is 33.5. The number of aromatic nitrogens is 1. The highest BCUT2D eigenvalue weighted by Gasteiger charge is 2.33. The first-order chi connectivity index (χ1) is 14.2. The number of rotatable bonds is 4. The number of anilines is 1. The average molecular weight is 494 g/mol. The summed E-state index contributed by atoms with van der Waals surface area (Å²) in [5.74, 6) is -1.30. The van der Waals surface area contributed by atoms with Gasteiger partial charge >= 0.3 is 5.76 Å². The zero-order valence-electron chi connectivity index (χ0n) is 16.1. The highest BCUT2D eigenvalue weighted by molar-refractivity contribution is 9.10. The largest absolute Gasteiger partial charge is 0.417 e. The highest BCUT2D eigenvalue weighted by atomic mass is 79.9. The highest BCUT2D eigenvalue weighted by Crippen LogP contribution is 2.27. The van der Waals surface area contributed by atoms with Gasteiger partial charge in [0.15, 0.2) is 5.58 Å². The van der Waals surface area contributed by atoms with Crippen LogP contribution in [0.1, 0.15) is 18.4 Å². The molecule has 2 heterocycles. The number of sulfonamides is 1. The zero-order valence-corrected chi connectivity index (χ0v) is 18.5. The van der Waals surface area contributed by atoms with Gasteiger partial charge in [0.2, 0.25) is 15.9 Å². The van der Waals surface area contributed by atoms with E-state index in [4.69, 9.17) is 4.42 Å². The van der Waals surface area contributed by atoms with E-state index < -0.39 is 21.7 Å². The fourth-order valence-electron chi connectivity index (χ4n) is 3.58. The van der Waals surface area contributed by atoms with Crippen LogP contribution in [0.15, 0.2) is 55.0 Å². The van der Waals surface area contributed by atoms with Crippen LogP contribution in [0.25, 0.3) is 11.1 Å². The molecule has 3 aromatic rings. The second kappa shape index (κ2) is 8.01. The van der Waals surface area contributed by atoms with E-state index in [0.717, 1.165) is 10.0 Å². The van der Waals surface area contributed by atoms with Crippen molar-refractivity contribution < 1.29 is 17.6 Å². The number of H-pyrrole nitrogens is 1. The number of halogens is 1. The van der Waals surface area contributed by atoms with E-state index in [2.05, 4.69) is 26.2 Å². The second-order valence-corrected chi connectivity index (χ2v) is 10.1. The Morgan fingerprint density at radius 1 is 1.27 bits per heavy atom. The lowest BCUT2D eigenvalue weighted by molar-refractivity contribution is -0.120. The van der Waals surface area contributed by atoms with Crippen LogP contribution in [0.5, 0.6) is 0 Å². The standard InChI is InChI=1S/C20H20BrN3O5S/c1-12-9-14(4-6-16(12)21)22-19(25)13-3-2-8-24(11-13)30(27,28)15-5-7-17-18(10-15)29-20(26)23-17/h4-7,9-10,13H,2-3,8,11H2,1H3,(H,22,25)(H,23,26)/t13-/m1/s1. The van der Waals surface area contributed by atoms with Crippen molar-refractivity contribution in [1.82, 2.24) is 9.29 Å². The maximum atomic E-state index is 13.1. The summed E-state index contributed by atoms with van der Waals surface area (Å²) in [6.07, 6.45) is 1.19. The maximum Gasteiger partial charge on any atom is 0.417 e. The molecule has 1 saturated heterocycles. The van der Waals surface area contributed by atoms with Gasteiger partial charge in [0.05, 0.1) is 16.3 Å². The number of amides is 1. The average Bonchev–Trinajstić information content (AvgIpc) is 3.10. The topological polar surface area (TPSA) is 112 Å². The van der Waals surface area contributed by atoms with E-state index in [9.17, 15) is 18.0 Å². The second-order valence-electron chi connectivity index (χ2n) is 7.33. The number of oxazole rings is 1. The predicted molar refractivity (Wildman–Crippen MR) is 116 cm³/mol. The molecule has 0 bridgehead atoms. The Bertz CT molecular complexity index is 1280. The van der Waals surface area contributed by atoms with Crippen molar-refractivity contribution >= 4 is 48.6 Å². The molecule has 2 N–H and O–H groups in total. The lowest BCUT2D eigenvalue weighted by Crippen LogP contribution is -2.43. The molecule has 1 aliphatic rings. The van der Waals surface area contributed by atoms with Crippen LogP contribution >= 0.6 is 15.9 Å². The first-order valence-electron chi connectivity index (χ1n) is 9.44. The summed E-state index contributed by atoms with van der Waals surface area (Å²) in [7, 11) is -3.82. The molecule has 4 rings (SSSR count). The Kier molecular flexibility index (Phi) is 5.56. The van der Waals surface area contributed by atoms with Crippen molar-refractivity contribution in [2.75, 3.05) is 18.4 Å². The molecule has 2 aromatic carbocycles. The molecule has 30 heavy (non-hydrogen) atoms. The number of nitrogens with zero attached hydrogens (tertiary/aromatic N) is 1. The third-order valence-electron chi connectivity index (χ3n) is 5.21. The molecule has 158 valence electrons. The summed E-state index contributed by atoms with van der Waals surface area (Å²) >= 11 is 3.43. The molecule has 0 saturated carbocycles. The monoisotopic (exact) mass is 493 g/mol. The molecule has 1 amide bonds. The first kappa shape index (κ1) is 20.8. The Morgan fingerprint density at radius 3 is 2.83 bits per heavy atom. The summed E-state index contributed by atoms with van der Waals surface area (Å²) in [5, 5.41) is 2.88. The molecule has 0 aliphatic carbocycles. The number of piperidine rings is 1. The summed E-state index contributed by atoms with van der Waals surface area (Å²) in [6.45, 7) is 2.36. The lowest BCUT2D eigenvalue weighted by atomic mass is 9.98. The predicted octanol–water partition coefficient (Wildman–Crippen LogP) is 3.23. The fraction of sp³-hybridized carbons (Fsp3) is 0.300. The Morgan fingerprint density at radius 2 is 2.07 bits per heavy atom. The normalized spacial score (nSPS) is 17.9. The minimum atomic E-state index is -3.82. The van der Waals surface area contributed by atoms with Gasteiger partial charge < -0.3 is 9.73 Å². The van der Waals surface area contributed by atoms with Crippen molar-refractivity contribution in [3.63, 3.8) is 0 Å². The van der Waals surface area contributed by atoms with E-state index in [1.807, 2.05) is 19.1 Å². The van der Waals surface area contributed by atoms with Gasteiger partial charge in [-0.3, -0.25) is 9.78 Å². The smallest absolute Gasteiger partial charge is 0.408 e. The van der Waals surface area contributed by atoms with E-state index in [1.165, 1.54) is 22.5 Å². The summed E-state index contributed by atoms with van der Waals surface area (Å²) in [5.41, 5.74) is 2.28. The van der Waals surface area contributed by atoms with Crippen LogP contribution in [0, 0.1) is 12.8 Å². The molecule has 8 nitrogen and oxygen atoms in total. The number of benzene rings is 2. The van der Waals surface area contributed by atoms with Crippen LogP contribution in [0.4, 0.5) is 5.69 Å². The van der Waals surface area contributed by atoms with Crippen LogP contribution in [-0.4, -0.2) is 36.7 Å². The van der Waals surface area contributed by atoms with Crippen molar-refractivity contribution in [3.8, 4) is 0 Å². The summed E-state index contributed by atoms with van der Waals surface area (Å²) in [4.78, 5) is 26.6. The third kappa shape index (κ3) is 4.07. The molecule has 1 atom stereocenters. The van der Waals surface area contributed by atoms with Crippen LogP contribution in [0.2, 0.25) is 0 Å². The SMILES string of the molecule is Cc1cc(NC(=O)[C@@H]2CCCN(S(=O)(=O)c3ccc4[nH]c(=O)oc4c3)C2)ccc1Br. The number of carbonyl (C=O) groups is 1. The van der Waals surface area contributed by atoms with Gasteiger partial charge in [0.1, 0.15) is 0 Å². The molecule has 0 unspecified atom stereocenters. The van der Waals surface area contributed by atoms with Gasteiger partial charge in [-0.1, -0.05) is 15.9 Å². The maximum absolute atomic E-state index is 13.1. The van der Waals surface area contributed by atoms with Crippen LogP contribution in [-0.2, 0) is 14.8 Å². The number of aryl methyl sites for hydroxylation is 1. The van der Waals surface area contributed by atoms with Gasteiger partial charge in [-0.05, 0) is 55.7 Å². The minimum absolute atomic E-state index is 0.0299. The first-order valence-corrected chi connectivity index (χ1v) is 11.7. The van der Waals surface area contributed by atoms with E-state index in [-0.39, 0.29) is 22.9 Å². The molecule has 0 radical (unpaired) electrons. The van der Waals surface area contributed by atoms with Crippen molar-refractivity contribution in [1.29, 1.82) is 0 Å². The number of fused-ring (bicyclic) bond motifs is 1. The van der Waals surface area contributed by atoms with Gasteiger partial charge in [-0.25, -0.2) is 13.2 Å². The minimum Gasteiger partial charge on any atom is -0.408 e. The van der Waals surface area contributed by atoms with Crippen molar-refractivity contribution in [3.05, 3.63) is 57.0 Å². The lowest BCUT2D eigenvalue weighted by Gasteiger charge is -2.31. The molecular weight excluding hydrogens is 474 g/mol. The van der Waals surface area contributed by atoms with Gasteiger partial charge in [-0.15, -0.1) is 0 Å². The number of aromatic amines is 1. The molecule has 1 aromatic heterocycles.